The highest BCUT2D eigenvalue weighted by Crippen LogP contribution is 2.26. The van der Waals surface area contributed by atoms with Crippen LogP contribution in [-0.4, -0.2) is 24.7 Å². The van der Waals surface area contributed by atoms with Crippen LogP contribution in [-0.2, 0) is 0 Å². The number of rotatable bonds is 2. The zero-order valence-electron chi connectivity index (χ0n) is 7.41. The fourth-order valence-corrected chi connectivity index (χ4v) is 1.84. The van der Waals surface area contributed by atoms with Crippen molar-refractivity contribution in [3.63, 3.8) is 0 Å². The fraction of sp³-hybridized carbons (Fsp3) is 0.500. The van der Waals surface area contributed by atoms with Gasteiger partial charge in [0.15, 0.2) is 0 Å². The molecule has 0 radical (unpaired) electrons. The van der Waals surface area contributed by atoms with Crippen LogP contribution in [0.3, 0.4) is 0 Å². The second-order valence-corrected chi connectivity index (χ2v) is 3.43. The van der Waals surface area contributed by atoms with Gasteiger partial charge in [-0.3, -0.25) is 9.37 Å². The van der Waals surface area contributed by atoms with E-state index in [0.717, 1.165) is 18.8 Å². The molecule has 2 rings (SSSR count). The monoisotopic (exact) mass is 180 g/mol. The van der Waals surface area contributed by atoms with Gasteiger partial charge in [-0.25, -0.2) is 0 Å². The molecule has 0 spiro atoms. The molecule has 1 saturated heterocycles. The highest BCUT2D eigenvalue weighted by Gasteiger charge is 2.28. The number of aromatic nitrogens is 1. The third-order valence-electron chi connectivity index (χ3n) is 2.61. The third-order valence-corrected chi connectivity index (χ3v) is 2.61. The Bertz CT molecular complexity index is 263. The predicted octanol–water partition coefficient (Wildman–Crippen LogP) is 1.35. The van der Waals surface area contributed by atoms with Crippen LogP contribution in [0.2, 0.25) is 0 Å². The summed E-state index contributed by atoms with van der Waals surface area (Å²) in [6.45, 7) is 1.37. The quantitative estimate of drug-likeness (QED) is 0.743. The molecule has 1 aromatic heterocycles. The molecule has 0 saturated carbocycles. The van der Waals surface area contributed by atoms with Gasteiger partial charge in [0.1, 0.15) is 0 Å². The molecule has 2 heterocycles. The second-order valence-electron chi connectivity index (χ2n) is 3.43. The van der Waals surface area contributed by atoms with E-state index in [-0.39, 0.29) is 18.5 Å². The molecule has 1 aliphatic heterocycles. The lowest BCUT2D eigenvalue weighted by Gasteiger charge is -2.13. The summed E-state index contributed by atoms with van der Waals surface area (Å²) in [5.41, 5.74) is 1.01. The van der Waals surface area contributed by atoms with Crippen molar-refractivity contribution in [2.75, 3.05) is 19.8 Å². The van der Waals surface area contributed by atoms with Crippen molar-refractivity contribution in [1.82, 2.24) is 10.3 Å². The number of alkyl halides is 1. The second kappa shape index (κ2) is 3.83. The van der Waals surface area contributed by atoms with Gasteiger partial charge < -0.3 is 5.32 Å². The summed E-state index contributed by atoms with van der Waals surface area (Å²) in [4.78, 5) is 4.25. The van der Waals surface area contributed by atoms with Crippen molar-refractivity contribution in [1.29, 1.82) is 0 Å². The minimum Gasteiger partial charge on any atom is -0.316 e. The Hall–Kier alpha value is -0.960. The largest absolute Gasteiger partial charge is 0.316 e. The number of nitrogens with zero attached hydrogens (tertiary/aromatic N) is 1. The van der Waals surface area contributed by atoms with Gasteiger partial charge in [0.05, 0.1) is 6.67 Å². The van der Waals surface area contributed by atoms with Gasteiger partial charge in [-0.05, 0) is 12.1 Å². The summed E-state index contributed by atoms with van der Waals surface area (Å²) in [5, 5.41) is 3.19. The zero-order chi connectivity index (χ0) is 9.10. The predicted molar refractivity (Wildman–Crippen MR) is 49.3 cm³/mol. The molecule has 0 bridgehead atoms. The Balaban J connectivity index is 2.16. The van der Waals surface area contributed by atoms with E-state index in [1.54, 1.807) is 6.20 Å². The molecule has 2 atom stereocenters. The van der Waals surface area contributed by atoms with Crippen LogP contribution in [0.15, 0.2) is 24.4 Å². The average Bonchev–Trinajstić information content (AvgIpc) is 2.67. The first-order valence-electron chi connectivity index (χ1n) is 4.59. The number of hydrogen-bond donors (Lipinski definition) is 1. The fourth-order valence-electron chi connectivity index (χ4n) is 1.84. The molecule has 0 amide bonds. The van der Waals surface area contributed by atoms with Crippen molar-refractivity contribution in [3.8, 4) is 0 Å². The summed E-state index contributed by atoms with van der Waals surface area (Å²) in [6, 6.07) is 5.81. The standard InChI is InChI=1S/C10H13FN2/c11-5-8-6-12-7-9(8)10-3-1-2-4-13-10/h1-4,8-9,12H,5-7H2/t8-,9+/m0/s1. The van der Waals surface area contributed by atoms with E-state index < -0.39 is 0 Å². The number of halogens is 1. The molecule has 3 heteroatoms. The van der Waals surface area contributed by atoms with Crippen molar-refractivity contribution in [2.24, 2.45) is 5.92 Å². The van der Waals surface area contributed by atoms with Crippen LogP contribution in [0.5, 0.6) is 0 Å². The molecule has 0 aromatic carbocycles. The summed E-state index contributed by atoms with van der Waals surface area (Å²) in [5.74, 6) is 0.362. The summed E-state index contributed by atoms with van der Waals surface area (Å²) in [7, 11) is 0. The number of pyridine rings is 1. The first-order chi connectivity index (χ1) is 6.42. The van der Waals surface area contributed by atoms with Gasteiger partial charge in [-0.1, -0.05) is 6.07 Å². The van der Waals surface area contributed by atoms with Crippen molar-refractivity contribution < 1.29 is 4.39 Å². The smallest absolute Gasteiger partial charge is 0.0941 e. The van der Waals surface area contributed by atoms with E-state index >= 15 is 0 Å². The SMILES string of the molecule is FC[C@H]1CNC[C@H]1c1ccccn1. The molecule has 13 heavy (non-hydrogen) atoms. The first-order valence-corrected chi connectivity index (χ1v) is 4.59. The Morgan fingerprint density at radius 2 is 2.38 bits per heavy atom. The highest BCUT2D eigenvalue weighted by molar-refractivity contribution is 5.13. The zero-order valence-corrected chi connectivity index (χ0v) is 7.41. The van der Waals surface area contributed by atoms with Crippen LogP contribution >= 0.6 is 0 Å². The minimum absolute atomic E-state index is 0.106. The Kier molecular flexibility index (Phi) is 2.54. The molecular formula is C10H13FN2. The molecule has 1 aliphatic rings. The molecule has 0 unspecified atom stereocenters. The Morgan fingerprint density at radius 3 is 3.08 bits per heavy atom. The van der Waals surface area contributed by atoms with E-state index in [2.05, 4.69) is 10.3 Å². The Morgan fingerprint density at radius 1 is 1.46 bits per heavy atom. The van der Waals surface area contributed by atoms with Gasteiger partial charge in [0, 0.05) is 36.8 Å². The maximum Gasteiger partial charge on any atom is 0.0941 e. The normalized spacial score (nSPS) is 27.8. The van der Waals surface area contributed by atoms with Crippen LogP contribution < -0.4 is 5.32 Å². The van der Waals surface area contributed by atoms with Gasteiger partial charge in [-0.15, -0.1) is 0 Å². The number of hydrogen-bond acceptors (Lipinski definition) is 2. The van der Waals surface area contributed by atoms with Crippen molar-refractivity contribution in [2.45, 2.75) is 5.92 Å². The lowest BCUT2D eigenvalue weighted by molar-refractivity contribution is 0.356. The van der Waals surface area contributed by atoms with Crippen LogP contribution in [0.1, 0.15) is 11.6 Å². The summed E-state index contributed by atoms with van der Waals surface area (Å²) in [6.07, 6.45) is 1.77. The topological polar surface area (TPSA) is 24.9 Å². The summed E-state index contributed by atoms with van der Waals surface area (Å²) >= 11 is 0. The number of nitrogens with one attached hydrogen (secondary N) is 1. The van der Waals surface area contributed by atoms with Crippen LogP contribution in [0.25, 0.3) is 0 Å². The molecule has 2 nitrogen and oxygen atoms in total. The van der Waals surface area contributed by atoms with Gasteiger partial charge in [0.25, 0.3) is 0 Å². The maximum atomic E-state index is 12.6. The van der Waals surface area contributed by atoms with Gasteiger partial charge in [-0.2, -0.15) is 0 Å². The van der Waals surface area contributed by atoms with Crippen LogP contribution in [0, 0.1) is 5.92 Å². The van der Waals surface area contributed by atoms with Crippen molar-refractivity contribution in [3.05, 3.63) is 30.1 Å². The average molecular weight is 180 g/mol. The van der Waals surface area contributed by atoms with Gasteiger partial charge in [0.2, 0.25) is 0 Å². The molecular weight excluding hydrogens is 167 g/mol. The van der Waals surface area contributed by atoms with Crippen LogP contribution in [0.4, 0.5) is 4.39 Å². The lowest BCUT2D eigenvalue weighted by Crippen LogP contribution is -2.13. The van der Waals surface area contributed by atoms with E-state index in [1.165, 1.54) is 0 Å². The minimum atomic E-state index is -0.256. The molecule has 1 aromatic rings. The third kappa shape index (κ3) is 1.70. The maximum absolute atomic E-state index is 12.6. The lowest BCUT2D eigenvalue weighted by atomic mass is 9.94. The molecule has 1 fully saturated rings. The van der Waals surface area contributed by atoms with E-state index in [9.17, 15) is 4.39 Å². The molecule has 70 valence electrons. The van der Waals surface area contributed by atoms with E-state index in [4.69, 9.17) is 0 Å². The van der Waals surface area contributed by atoms with Gasteiger partial charge >= 0.3 is 0 Å². The molecule has 0 aliphatic carbocycles. The van der Waals surface area contributed by atoms with E-state index in [0.29, 0.717) is 0 Å². The van der Waals surface area contributed by atoms with Crippen molar-refractivity contribution >= 4 is 0 Å². The summed E-state index contributed by atoms with van der Waals surface area (Å²) < 4.78 is 12.6. The Labute approximate surface area is 77.2 Å². The highest BCUT2D eigenvalue weighted by atomic mass is 19.1. The van der Waals surface area contributed by atoms with E-state index in [1.807, 2.05) is 18.2 Å². The molecule has 1 N–H and O–H groups in total. The first kappa shape index (κ1) is 8.63.